The molecule has 1 unspecified atom stereocenters. The summed E-state index contributed by atoms with van der Waals surface area (Å²) in [4.78, 5) is 0.957. The van der Waals surface area contributed by atoms with E-state index in [1.54, 1.807) is 0 Å². The third kappa shape index (κ3) is 2.03. The van der Waals surface area contributed by atoms with Gasteiger partial charge in [0.05, 0.1) is 0 Å². The largest absolute Gasteiger partial charge is 0.461 e. The Morgan fingerprint density at radius 1 is 0.405 bits per heavy atom. The van der Waals surface area contributed by atoms with Gasteiger partial charge in [0.25, 0.3) is 5.60 Å². The predicted octanol–water partition coefficient (Wildman–Crippen LogP) is 6.44. The molecule has 4 rings (SSSR count). The molecule has 0 spiro atoms. The van der Waals surface area contributed by atoms with Crippen LogP contribution < -0.4 is 0 Å². The van der Waals surface area contributed by atoms with Crippen LogP contribution in [-0.2, 0) is 9.68 Å². The molecule has 0 heterocycles. The van der Waals surface area contributed by atoms with Crippen molar-refractivity contribution in [3.63, 3.8) is 0 Å². The van der Waals surface area contributed by atoms with Gasteiger partial charge >= 0.3 is 70.7 Å². The van der Waals surface area contributed by atoms with Crippen molar-refractivity contribution in [2.75, 3.05) is 0 Å². The molecule has 24 heteroatoms. The van der Waals surface area contributed by atoms with Crippen LogP contribution in [0.25, 0.3) is 0 Å². The number of hydrogen-bond acceptors (Lipinski definition) is 2. The van der Waals surface area contributed by atoms with Crippen molar-refractivity contribution < 1.29 is 106 Å². The molecule has 4 fully saturated rings. The van der Waals surface area contributed by atoms with Crippen molar-refractivity contribution in [3.05, 3.63) is 0 Å². The molecule has 2 nitrogen and oxygen atoms in total. The molecule has 37 heavy (non-hydrogen) atoms. The number of hydrogen-bond donors (Lipinski definition) is 0. The fourth-order valence-corrected chi connectivity index (χ4v) is 4.51. The molecule has 4 aliphatic rings. The summed E-state index contributed by atoms with van der Waals surface area (Å²) in [5.41, 5.74) is -34.2. The third-order valence-corrected chi connectivity index (χ3v) is 6.35. The molecule has 0 aromatic heterocycles. The second-order valence-electron chi connectivity index (χ2n) is 7.89. The normalized spacial score (nSPS) is 43.9. The zero-order chi connectivity index (χ0) is 29.9. The highest BCUT2D eigenvalue weighted by molar-refractivity contribution is 5.54. The molecule has 4 saturated carbocycles. The molecule has 218 valence electrons. The third-order valence-electron chi connectivity index (χ3n) is 6.35. The van der Waals surface area contributed by atoms with E-state index in [4.69, 9.17) is 0 Å². The van der Waals surface area contributed by atoms with Gasteiger partial charge in [0.2, 0.25) is 0 Å². The molecular weight excluding hydrogens is 606 g/mol. The highest BCUT2D eigenvalue weighted by Gasteiger charge is 3.24. The first-order chi connectivity index (χ1) is 15.8. The summed E-state index contributed by atoms with van der Waals surface area (Å²) in [6.07, 6.45) is -16.2. The zero-order valence-electron chi connectivity index (χ0n) is 15.6. The lowest BCUT2D eigenvalue weighted by Crippen LogP contribution is -3.10. The van der Waals surface area contributed by atoms with E-state index in [0.717, 1.165) is 4.94 Å². The van der Waals surface area contributed by atoms with Gasteiger partial charge in [-0.25, -0.2) is 13.2 Å². The van der Waals surface area contributed by atoms with Crippen molar-refractivity contribution in [2.24, 2.45) is 0 Å². The first kappa shape index (κ1) is 29.9. The van der Waals surface area contributed by atoms with E-state index >= 15 is 0 Å². The molecule has 0 aromatic rings. The van der Waals surface area contributed by atoms with Crippen molar-refractivity contribution in [1.29, 1.82) is 0 Å². The van der Waals surface area contributed by atoms with E-state index < -0.39 is 76.3 Å². The fraction of sp³-hybridized carbons (Fsp3) is 1.00. The minimum Gasteiger partial charge on any atom is -0.289 e. The molecule has 0 aliphatic heterocycles. The maximum Gasteiger partial charge on any atom is 0.461 e. The van der Waals surface area contributed by atoms with Gasteiger partial charge in [0.1, 0.15) is 0 Å². The summed E-state index contributed by atoms with van der Waals surface area (Å²) in [5, 5.41) is 0. The van der Waals surface area contributed by atoms with Crippen LogP contribution in [0.15, 0.2) is 0 Å². The maximum absolute atomic E-state index is 14.7. The second-order valence-corrected chi connectivity index (χ2v) is 7.89. The monoisotopic (exact) mass is 606 g/mol. The van der Waals surface area contributed by atoms with E-state index in [1.807, 2.05) is 0 Å². The van der Waals surface area contributed by atoms with Gasteiger partial charge in [-0.2, -0.15) is 79.0 Å². The van der Waals surface area contributed by atoms with Crippen LogP contribution in [-0.4, -0.2) is 76.3 Å². The Morgan fingerprint density at radius 2 is 0.649 bits per heavy atom. The van der Waals surface area contributed by atoms with Crippen LogP contribution in [0.1, 0.15) is 0 Å². The summed E-state index contributed by atoms with van der Waals surface area (Å²) in [6.45, 7) is 0. The van der Waals surface area contributed by atoms with Crippen LogP contribution in [0.5, 0.6) is 0 Å². The topological polar surface area (TPSA) is 18.5 Å². The summed E-state index contributed by atoms with van der Waals surface area (Å²) in [7, 11) is 0. The smallest absolute Gasteiger partial charge is 0.289 e. The zero-order valence-corrected chi connectivity index (χ0v) is 15.6. The first-order valence-electron chi connectivity index (χ1n) is 8.24. The molecule has 0 amide bonds. The average molecular weight is 606 g/mol. The Bertz CT molecular complexity index is 899. The van der Waals surface area contributed by atoms with Crippen LogP contribution in [0.2, 0.25) is 0 Å². The maximum atomic E-state index is 14.7. The Kier molecular flexibility index (Phi) is 5.04. The highest BCUT2D eigenvalue weighted by atomic mass is 19.4. The van der Waals surface area contributed by atoms with Gasteiger partial charge in [0.15, 0.2) is 0 Å². The van der Waals surface area contributed by atoms with E-state index in [0.29, 0.717) is 0 Å². The lowest BCUT2D eigenvalue weighted by molar-refractivity contribution is -0.640. The molecule has 0 aromatic carbocycles. The number of halogens is 22. The summed E-state index contributed by atoms with van der Waals surface area (Å²) in [6, 6.07) is 0. The first-order valence-corrected chi connectivity index (χ1v) is 8.24. The fourth-order valence-electron chi connectivity index (χ4n) is 4.51. The van der Waals surface area contributed by atoms with Crippen LogP contribution in [0, 0.1) is 0 Å². The minimum atomic E-state index is -8.76. The van der Waals surface area contributed by atoms with Crippen molar-refractivity contribution >= 4 is 0 Å². The van der Waals surface area contributed by atoms with Crippen molar-refractivity contribution in [1.82, 2.24) is 0 Å². The van der Waals surface area contributed by atoms with Crippen molar-refractivity contribution in [3.8, 4) is 0 Å². The Balaban J connectivity index is 2.63. The molecule has 4 aliphatic carbocycles. The molecule has 4 bridgehead atoms. The van der Waals surface area contributed by atoms with E-state index in [-0.39, 0.29) is 0 Å². The number of alkyl halides is 21. The van der Waals surface area contributed by atoms with Crippen LogP contribution in [0.4, 0.5) is 96.7 Å². The molecular formula is C13F22O2. The van der Waals surface area contributed by atoms with Crippen molar-refractivity contribution in [2.45, 2.75) is 76.3 Å². The number of ether oxygens (including phenoxy) is 1. The van der Waals surface area contributed by atoms with Gasteiger partial charge in [-0.15, -0.1) is 4.94 Å². The molecule has 1 atom stereocenters. The van der Waals surface area contributed by atoms with Gasteiger partial charge in [-0.05, 0) is 4.53 Å². The van der Waals surface area contributed by atoms with Crippen LogP contribution in [0.3, 0.4) is 0 Å². The van der Waals surface area contributed by atoms with E-state index in [2.05, 4.69) is 0 Å². The lowest BCUT2D eigenvalue weighted by Gasteiger charge is -2.74. The molecule has 0 N–H and O–H groups in total. The number of rotatable bonds is 4. The summed E-state index contributed by atoms with van der Waals surface area (Å²) >= 11 is 0. The second kappa shape index (κ2) is 6.24. The minimum absolute atomic E-state index is 0.957. The SMILES string of the molecule is FOC(F)(C(F)(F)F)C(F)(F)OC12C(F)(F)C3(F)C(F)(F)C(F)(C(F)(F)C(F)(C3(F)F)C1(F)F)C2(F)F. The average Bonchev–Trinajstić information content (AvgIpc) is 2.69. The molecule has 0 radical (unpaired) electrons. The Labute approximate surface area is 184 Å². The van der Waals surface area contributed by atoms with Gasteiger partial charge < -0.3 is 0 Å². The van der Waals surface area contributed by atoms with Crippen LogP contribution >= 0.6 is 0 Å². The predicted molar refractivity (Wildman–Crippen MR) is 62.0 cm³/mol. The Morgan fingerprint density at radius 3 is 0.838 bits per heavy atom. The van der Waals surface area contributed by atoms with Gasteiger partial charge in [-0.1, -0.05) is 0 Å². The summed E-state index contributed by atoms with van der Waals surface area (Å²) in [5.74, 6) is -59.6. The highest BCUT2D eigenvalue weighted by Crippen LogP contribution is 2.89. The summed E-state index contributed by atoms with van der Waals surface area (Å²) < 4.78 is 308. The molecule has 0 saturated heterocycles. The quantitative estimate of drug-likeness (QED) is 0.344. The van der Waals surface area contributed by atoms with E-state index in [9.17, 15) is 96.7 Å². The Hall–Kier alpha value is -1.62. The lowest BCUT2D eigenvalue weighted by atomic mass is 9.40. The van der Waals surface area contributed by atoms with Gasteiger partial charge in [-0.3, -0.25) is 4.74 Å². The van der Waals surface area contributed by atoms with Gasteiger partial charge in [0, 0.05) is 0 Å². The van der Waals surface area contributed by atoms with E-state index in [1.165, 1.54) is 4.74 Å². The standard InChI is InChI=1S/C13F22O2/c14-1-5(17,18)2(15)7(21,22)3(16,6(1,19)20)10(27,28)4(8(1,23)24,9(2,25)26)36-13(33,34)11(29,37-35)12(30,31)32.